The third kappa shape index (κ3) is 5.92. The van der Waals surface area contributed by atoms with Gasteiger partial charge in [0, 0.05) is 11.6 Å². The van der Waals surface area contributed by atoms with Crippen molar-refractivity contribution in [3.63, 3.8) is 0 Å². The van der Waals surface area contributed by atoms with Crippen molar-refractivity contribution in [2.45, 2.75) is 51.1 Å². The van der Waals surface area contributed by atoms with Gasteiger partial charge in [-0.25, -0.2) is 14.2 Å². The van der Waals surface area contributed by atoms with Crippen molar-refractivity contribution in [3.8, 4) is 0 Å². The molecule has 1 fully saturated rings. The van der Waals surface area contributed by atoms with E-state index in [-0.39, 0.29) is 23.6 Å². The van der Waals surface area contributed by atoms with Gasteiger partial charge in [-0.3, -0.25) is 10.3 Å². The number of nitrogens with zero attached hydrogens (tertiary/aromatic N) is 1. The molecule has 2 aromatic carbocycles. The number of rotatable bonds is 4. The molecule has 0 saturated carbocycles. The molecule has 0 aromatic heterocycles. The van der Waals surface area contributed by atoms with Crippen molar-refractivity contribution < 1.29 is 31.9 Å². The summed E-state index contributed by atoms with van der Waals surface area (Å²) >= 11 is 11.9. The molecule has 1 aliphatic heterocycles. The number of nitrogens with one attached hydrogen (secondary N) is 2. The number of alkyl carbamates (subject to hydrolysis) is 1. The minimum Gasteiger partial charge on any atom is -0.444 e. The van der Waals surface area contributed by atoms with Crippen LogP contribution in [0.3, 0.4) is 0 Å². The fourth-order valence-electron chi connectivity index (χ4n) is 3.15. The summed E-state index contributed by atoms with van der Waals surface area (Å²) < 4.78 is 60.8. The summed E-state index contributed by atoms with van der Waals surface area (Å²) in [4.78, 5) is 21.0. The number of benzene rings is 2. The van der Waals surface area contributed by atoms with E-state index in [1.165, 1.54) is 18.2 Å². The molecule has 1 heterocycles. The lowest BCUT2D eigenvalue weighted by Crippen LogP contribution is -2.42. The highest BCUT2D eigenvalue weighted by Crippen LogP contribution is 2.47. The van der Waals surface area contributed by atoms with E-state index in [1.54, 1.807) is 20.8 Å². The summed E-state index contributed by atoms with van der Waals surface area (Å²) in [6.45, 7) is 5.16. The highest BCUT2D eigenvalue weighted by Gasteiger charge is 2.61. The number of amidine groups is 1. The first-order chi connectivity index (χ1) is 15.7. The maximum absolute atomic E-state index is 14.0. The second kappa shape index (κ2) is 9.59. The van der Waals surface area contributed by atoms with E-state index >= 15 is 0 Å². The molecule has 2 aromatic rings. The maximum atomic E-state index is 14.0. The number of hydrogen-bond donors (Lipinski definition) is 2. The number of carbonyl (C=O) groups is 1. The molecule has 12 heteroatoms. The van der Waals surface area contributed by atoms with Crippen LogP contribution in [0.5, 0.6) is 0 Å². The summed E-state index contributed by atoms with van der Waals surface area (Å²) in [6.07, 6.45) is -6.22. The zero-order chi connectivity index (χ0) is 25.3. The summed E-state index contributed by atoms with van der Waals surface area (Å²) in [5, 5.41) is 2.41. The number of carbonyl (C=O) groups excluding carboxylic acids is 1. The standard InChI is InChI=1S/C22H21Cl2F4N3O3/c1-20(2,3)33-19(32)29-11-12-8-14(5-6-15(12)23)30-18-10-21(34-31-18,22(26,27)28)13-4-7-17(25)16(24)9-13/h4-9H,10-11H2,1-3H3,(H,29,32)(H,30,31). The van der Waals surface area contributed by atoms with Crippen molar-refractivity contribution in [2.75, 3.05) is 0 Å². The van der Waals surface area contributed by atoms with Gasteiger partial charge in [-0.1, -0.05) is 29.3 Å². The lowest BCUT2D eigenvalue weighted by molar-refractivity contribution is -0.282. The molecule has 0 radical (unpaired) electrons. The van der Waals surface area contributed by atoms with Crippen molar-refractivity contribution in [3.05, 3.63) is 63.4 Å². The lowest BCUT2D eigenvalue weighted by Gasteiger charge is -2.29. The minimum absolute atomic E-state index is 0.0108. The van der Waals surface area contributed by atoms with E-state index in [0.717, 1.165) is 18.2 Å². The van der Waals surface area contributed by atoms with Crippen LogP contribution in [0.25, 0.3) is 0 Å². The van der Waals surface area contributed by atoms with Crippen LogP contribution in [0, 0.1) is 5.82 Å². The molecule has 1 amide bonds. The lowest BCUT2D eigenvalue weighted by atomic mass is 9.90. The molecule has 0 aliphatic carbocycles. The largest absolute Gasteiger partial charge is 0.444 e. The van der Waals surface area contributed by atoms with Gasteiger partial charge in [-0.15, -0.1) is 0 Å². The fraction of sp³-hybridized carbons (Fsp3) is 0.364. The molecule has 3 rings (SSSR count). The van der Waals surface area contributed by atoms with Crippen LogP contribution < -0.4 is 10.8 Å². The number of alkyl halides is 3. The van der Waals surface area contributed by atoms with Crippen LogP contribution in [0.1, 0.15) is 38.3 Å². The number of amides is 1. The van der Waals surface area contributed by atoms with Gasteiger partial charge in [0.1, 0.15) is 17.3 Å². The van der Waals surface area contributed by atoms with Crippen molar-refractivity contribution >= 4 is 40.8 Å². The van der Waals surface area contributed by atoms with E-state index in [2.05, 4.69) is 15.8 Å². The predicted molar refractivity (Wildman–Crippen MR) is 120 cm³/mol. The zero-order valence-corrected chi connectivity index (χ0v) is 19.8. The van der Waals surface area contributed by atoms with Gasteiger partial charge >= 0.3 is 12.3 Å². The Morgan fingerprint density at radius 1 is 1.18 bits per heavy atom. The smallest absolute Gasteiger partial charge is 0.424 e. The van der Waals surface area contributed by atoms with Crippen LogP contribution >= 0.6 is 23.2 Å². The summed E-state index contributed by atoms with van der Waals surface area (Å²) in [5.41, 5.74) is -0.908. The van der Waals surface area contributed by atoms with Crippen molar-refractivity contribution in [1.82, 2.24) is 10.8 Å². The summed E-state index contributed by atoms with van der Waals surface area (Å²) in [6, 6.07) is 7.18. The van der Waals surface area contributed by atoms with Crippen molar-refractivity contribution in [2.24, 2.45) is 4.99 Å². The number of ether oxygens (including phenoxy) is 1. The van der Waals surface area contributed by atoms with Gasteiger partial charge in [0.15, 0.2) is 0 Å². The Balaban J connectivity index is 1.83. The van der Waals surface area contributed by atoms with E-state index in [9.17, 15) is 22.4 Å². The third-order valence-electron chi connectivity index (χ3n) is 4.72. The Labute approximate surface area is 203 Å². The Kier molecular flexibility index (Phi) is 7.35. The Bertz CT molecular complexity index is 1120. The monoisotopic (exact) mass is 521 g/mol. The molecule has 34 heavy (non-hydrogen) atoms. The first kappa shape index (κ1) is 26.1. The predicted octanol–water partition coefficient (Wildman–Crippen LogP) is 6.57. The first-order valence-corrected chi connectivity index (χ1v) is 10.7. The number of hydroxylamine groups is 1. The van der Waals surface area contributed by atoms with Gasteiger partial charge in [-0.05, 0) is 62.2 Å². The van der Waals surface area contributed by atoms with E-state index in [0.29, 0.717) is 10.6 Å². The molecular weight excluding hydrogens is 501 g/mol. The Morgan fingerprint density at radius 3 is 2.50 bits per heavy atom. The van der Waals surface area contributed by atoms with Crippen LogP contribution in [0.4, 0.5) is 28.0 Å². The van der Waals surface area contributed by atoms with Gasteiger partial charge in [0.05, 0.1) is 17.1 Å². The van der Waals surface area contributed by atoms with E-state index in [1.807, 2.05) is 0 Å². The van der Waals surface area contributed by atoms with Crippen molar-refractivity contribution in [1.29, 1.82) is 0 Å². The highest BCUT2D eigenvalue weighted by atomic mass is 35.5. The normalized spacial score (nSPS) is 19.7. The maximum Gasteiger partial charge on any atom is 0.424 e. The molecule has 1 atom stereocenters. The van der Waals surface area contributed by atoms with Crippen LogP contribution in [-0.2, 0) is 21.7 Å². The highest BCUT2D eigenvalue weighted by molar-refractivity contribution is 6.31. The molecule has 6 nitrogen and oxygen atoms in total. The average Bonchev–Trinajstić information content (AvgIpc) is 3.14. The molecule has 0 bridgehead atoms. The van der Waals surface area contributed by atoms with Gasteiger partial charge in [-0.2, -0.15) is 13.2 Å². The van der Waals surface area contributed by atoms with E-state index in [4.69, 9.17) is 32.8 Å². The minimum atomic E-state index is -4.86. The molecule has 184 valence electrons. The Hall–Kier alpha value is -2.56. The molecule has 1 unspecified atom stereocenters. The molecule has 1 saturated heterocycles. The molecule has 0 spiro atoms. The van der Waals surface area contributed by atoms with E-state index < -0.39 is 40.7 Å². The second-order valence-corrected chi connectivity index (χ2v) is 9.34. The summed E-state index contributed by atoms with van der Waals surface area (Å²) in [7, 11) is 0. The first-order valence-electron chi connectivity index (χ1n) is 9.99. The quantitative estimate of drug-likeness (QED) is 0.446. The van der Waals surface area contributed by atoms with Crippen LogP contribution in [-0.4, -0.2) is 23.7 Å². The van der Waals surface area contributed by atoms with Crippen LogP contribution in [0.2, 0.25) is 10.0 Å². The van der Waals surface area contributed by atoms with Crippen LogP contribution in [0.15, 0.2) is 41.4 Å². The third-order valence-corrected chi connectivity index (χ3v) is 5.38. The average molecular weight is 522 g/mol. The SMILES string of the molecule is CC(C)(C)OC(=O)NCc1cc(N=C2CC(c3ccc(F)c(Cl)c3)(C(F)(F)F)ON2)ccc1Cl. The number of hydrogen-bond acceptors (Lipinski definition) is 4. The Morgan fingerprint density at radius 2 is 1.88 bits per heavy atom. The number of halogens is 6. The van der Waals surface area contributed by atoms with Gasteiger partial charge < -0.3 is 10.1 Å². The van der Waals surface area contributed by atoms with Gasteiger partial charge in [0.25, 0.3) is 0 Å². The zero-order valence-electron chi connectivity index (χ0n) is 18.3. The van der Waals surface area contributed by atoms with Gasteiger partial charge in [0.2, 0.25) is 5.60 Å². The fourth-order valence-corrected chi connectivity index (χ4v) is 3.51. The molecular formula is C22H21Cl2F4N3O3. The second-order valence-electron chi connectivity index (χ2n) is 8.52. The summed E-state index contributed by atoms with van der Waals surface area (Å²) in [5.74, 6) is -0.970. The topological polar surface area (TPSA) is 72.0 Å². The molecule has 2 N–H and O–H groups in total. The number of aliphatic imine (C=N–C) groups is 1. The molecule has 1 aliphatic rings.